The van der Waals surface area contributed by atoms with Gasteiger partial charge in [0.25, 0.3) is 0 Å². The van der Waals surface area contributed by atoms with Gasteiger partial charge in [-0.1, -0.05) is 57.7 Å². The number of para-hydroxylation sites is 1. The zero-order valence-electron chi connectivity index (χ0n) is 13.1. The van der Waals surface area contributed by atoms with Crippen LogP contribution in [0.2, 0.25) is 0 Å². The molecular formula is C17H26N2S. The molecule has 0 radical (unpaired) electrons. The molecule has 0 atom stereocenters. The first-order valence-corrected chi connectivity index (χ1v) is 8.77. The normalized spacial score (nSPS) is 17.1. The first-order chi connectivity index (χ1) is 9.68. The average Bonchev–Trinajstić information content (AvgIpc) is 2.91. The molecule has 0 saturated heterocycles. The Morgan fingerprint density at radius 2 is 1.70 bits per heavy atom. The molecule has 0 unspecified atom stereocenters. The molecule has 0 saturated carbocycles. The van der Waals surface area contributed by atoms with Crippen LogP contribution in [0, 0.1) is 0 Å². The Hall–Kier alpha value is -0.960. The van der Waals surface area contributed by atoms with Crippen LogP contribution in [0.25, 0.3) is 0 Å². The van der Waals surface area contributed by atoms with Gasteiger partial charge in [-0.05, 0) is 36.8 Å². The Balaban J connectivity index is 2.27. The van der Waals surface area contributed by atoms with E-state index in [9.17, 15) is 0 Å². The third-order valence-corrected chi connectivity index (χ3v) is 5.51. The third kappa shape index (κ3) is 3.03. The largest absolute Gasteiger partial charge is 0.335 e. The lowest BCUT2D eigenvalue weighted by Crippen LogP contribution is -2.24. The summed E-state index contributed by atoms with van der Waals surface area (Å²) in [5, 5.41) is 4.72. The van der Waals surface area contributed by atoms with Crippen LogP contribution in [0.15, 0.2) is 23.2 Å². The Bertz CT molecular complexity index is 468. The fourth-order valence-corrected chi connectivity index (χ4v) is 3.98. The number of benzene rings is 1. The molecular weight excluding hydrogens is 264 g/mol. The molecule has 0 bridgehead atoms. The molecule has 0 spiro atoms. The van der Waals surface area contributed by atoms with Crippen LogP contribution in [-0.2, 0) is 12.8 Å². The topological polar surface area (TPSA) is 24.4 Å². The number of thioether (sulfide) groups is 1. The van der Waals surface area contributed by atoms with E-state index >= 15 is 0 Å². The maximum atomic E-state index is 4.97. The van der Waals surface area contributed by atoms with Crippen molar-refractivity contribution in [2.45, 2.75) is 58.9 Å². The van der Waals surface area contributed by atoms with Gasteiger partial charge in [0.15, 0.2) is 5.17 Å². The van der Waals surface area contributed by atoms with Crippen LogP contribution in [0.5, 0.6) is 0 Å². The number of hydrogen-bond donors (Lipinski definition) is 1. The van der Waals surface area contributed by atoms with Crippen molar-refractivity contribution in [2.75, 3.05) is 11.1 Å². The molecule has 20 heavy (non-hydrogen) atoms. The van der Waals surface area contributed by atoms with E-state index in [1.165, 1.54) is 16.8 Å². The summed E-state index contributed by atoms with van der Waals surface area (Å²) in [7, 11) is 0. The predicted octanol–water partition coefficient (Wildman–Crippen LogP) is 4.88. The zero-order chi connectivity index (χ0) is 14.6. The quantitative estimate of drug-likeness (QED) is 0.835. The van der Waals surface area contributed by atoms with Crippen molar-refractivity contribution in [1.29, 1.82) is 0 Å². The van der Waals surface area contributed by atoms with Crippen molar-refractivity contribution < 1.29 is 0 Å². The van der Waals surface area contributed by atoms with E-state index in [-0.39, 0.29) is 5.54 Å². The van der Waals surface area contributed by atoms with Crippen molar-refractivity contribution in [2.24, 2.45) is 4.99 Å². The zero-order valence-corrected chi connectivity index (χ0v) is 13.9. The summed E-state index contributed by atoms with van der Waals surface area (Å²) in [5.41, 5.74) is 4.21. The number of nitrogens with one attached hydrogen (secondary N) is 1. The van der Waals surface area contributed by atoms with Crippen LogP contribution in [0.3, 0.4) is 0 Å². The van der Waals surface area contributed by atoms with E-state index in [1.54, 1.807) is 0 Å². The van der Waals surface area contributed by atoms with E-state index in [4.69, 9.17) is 4.99 Å². The van der Waals surface area contributed by atoms with Crippen LogP contribution in [-0.4, -0.2) is 16.5 Å². The Morgan fingerprint density at radius 3 is 2.15 bits per heavy atom. The maximum absolute atomic E-state index is 4.97. The summed E-state index contributed by atoms with van der Waals surface area (Å²) >= 11 is 1.87. The molecule has 1 aromatic rings. The summed E-state index contributed by atoms with van der Waals surface area (Å²) in [6.45, 7) is 8.92. The minimum Gasteiger partial charge on any atom is -0.335 e. The average molecular weight is 290 g/mol. The fourth-order valence-electron chi connectivity index (χ4n) is 2.67. The summed E-state index contributed by atoms with van der Waals surface area (Å²) in [4.78, 5) is 4.97. The third-order valence-electron chi connectivity index (χ3n) is 4.36. The monoisotopic (exact) mass is 290 g/mol. The second-order valence-electron chi connectivity index (χ2n) is 5.42. The molecule has 2 rings (SSSR count). The molecule has 1 heterocycles. The summed E-state index contributed by atoms with van der Waals surface area (Å²) in [5.74, 6) is 1.11. The fraction of sp³-hybridized carbons (Fsp3) is 0.588. The Kier molecular flexibility index (Phi) is 5.14. The highest BCUT2D eigenvalue weighted by Crippen LogP contribution is 2.35. The minimum absolute atomic E-state index is 0.153. The molecule has 0 aromatic heterocycles. The van der Waals surface area contributed by atoms with Gasteiger partial charge in [-0.25, -0.2) is 0 Å². The maximum Gasteiger partial charge on any atom is 0.161 e. The van der Waals surface area contributed by atoms with E-state index in [1.807, 2.05) is 11.8 Å². The van der Waals surface area contributed by atoms with Crippen molar-refractivity contribution in [3.63, 3.8) is 0 Å². The van der Waals surface area contributed by atoms with E-state index in [2.05, 4.69) is 51.2 Å². The van der Waals surface area contributed by atoms with E-state index in [0.29, 0.717) is 0 Å². The molecule has 1 aliphatic rings. The number of aliphatic imine (C=N–C) groups is 1. The first kappa shape index (κ1) is 15.4. The van der Waals surface area contributed by atoms with Gasteiger partial charge in [-0.2, -0.15) is 0 Å². The number of nitrogens with zero attached hydrogens (tertiary/aromatic N) is 1. The lowest BCUT2D eigenvalue weighted by molar-refractivity contribution is 0.456. The van der Waals surface area contributed by atoms with Gasteiger partial charge >= 0.3 is 0 Å². The smallest absolute Gasteiger partial charge is 0.161 e. The van der Waals surface area contributed by atoms with Crippen LogP contribution in [0.1, 0.15) is 51.7 Å². The van der Waals surface area contributed by atoms with Gasteiger partial charge in [0, 0.05) is 11.4 Å². The SMILES string of the molecule is CCc1cccc(CC)c1NC1=NC(CC)(CC)CS1. The number of amidine groups is 1. The van der Waals surface area contributed by atoms with Gasteiger partial charge in [-0.3, -0.25) is 4.99 Å². The number of anilines is 1. The summed E-state index contributed by atoms with van der Waals surface area (Å²) < 4.78 is 0. The van der Waals surface area contributed by atoms with Gasteiger partial charge in [0.05, 0.1) is 5.54 Å². The highest BCUT2D eigenvalue weighted by atomic mass is 32.2. The minimum atomic E-state index is 0.153. The van der Waals surface area contributed by atoms with E-state index in [0.717, 1.165) is 36.6 Å². The van der Waals surface area contributed by atoms with E-state index < -0.39 is 0 Å². The van der Waals surface area contributed by atoms with Crippen molar-refractivity contribution in [1.82, 2.24) is 0 Å². The first-order valence-electron chi connectivity index (χ1n) is 7.78. The molecule has 1 N–H and O–H groups in total. The Labute approximate surface area is 127 Å². The molecule has 0 amide bonds. The summed E-state index contributed by atoms with van der Waals surface area (Å²) in [6, 6.07) is 6.60. The molecule has 0 aliphatic carbocycles. The van der Waals surface area contributed by atoms with Gasteiger partial charge < -0.3 is 5.32 Å². The highest BCUT2D eigenvalue weighted by molar-refractivity contribution is 8.14. The van der Waals surface area contributed by atoms with Gasteiger partial charge in [0.1, 0.15) is 0 Å². The van der Waals surface area contributed by atoms with Crippen molar-refractivity contribution in [3.8, 4) is 0 Å². The molecule has 3 heteroatoms. The standard InChI is InChI=1S/C17H26N2S/c1-5-13-10-9-11-14(6-2)15(13)18-16-19-17(7-3,8-4)12-20-16/h9-11H,5-8,12H2,1-4H3,(H,18,19). The van der Waals surface area contributed by atoms with Crippen molar-refractivity contribution >= 4 is 22.6 Å². The van der Waals surface area contributed by atoms with Crippen LogP contribution in [0.4, 0.5) is 5.69 Å². The molecule has 2 nitrogen and oxygen atoms in total. The molecule has 1 aliphatic heterocycles. The Morgan fingerprint density at radius 1 is 1.10 bits per heavy atom. The second-order valence-corrected chi connectivity index (χ2v) is 6.38. The molecule has 0 fully saturated rings. The number of aryl methyl sites for hydroxylation is 2. The van der Waals surface area contributed by atoms with Gasteiger partial charge in [-0.15, -0.1) is 0 Å². The molecule has 110 valence electrons. The molecule has 1 aromatic carbocycles. The number of rotatable bonds is 5. The lowest BCUT2D eigenvalue weighted by atomic mass is 9.97. The summed E-state index contributed by atoms with van der Waals surface area (Å²) in [6.07, 6.45) is 4.36. The highest BCUT2D eigenvalue weighted by Gasteiger charge is 2.32. The second kappa shape index (κ2) is 6.66. The number of hydrogen-bond acceptors (Lipinski definition) is 3. The van der Waals surface area contributed by atoms with Gasteiger partial charge in [0.2, 0.25) is 0 Å². The lowest BCUT2D eigenvalue weighted by Gasteiger charge is -2.20. The van der Waals surface area contributed by atoms with Crippen molar-refractivity contribution in [3.05, 3.63) is 29.3 Å². The van der Waals surface area contributed by atoms with Crippen LogP contribution >= 0.6 is 11.8 Å². The van der Waals surface area contributed by atoms with Crippen LogP contribution < -0.4 is 5.32 Å². The predicted molar refractivity (Wildman–Crippen MR) is 92.0 cm³/mol.